The Morgan fingerprint density at radius 3 is 2.81 bits per heavy atom. The van der Waals surface area contributed by atoms with Crippen LogP contribution in [0.3, 0.4) is 0 Å². The van der Waals surface area contributed by atoms with E-state index in [1.165, 1.54) is 29.5 Å². The molecule has 0 aliphatic heterocycles. The Balaban J connectivity index is 1.57. The Kier molecular flexibility index (Phi) is 4.32. The fourth-order valence-corrected chi connectivity index (χ4v) is 3.50. The number of non-ortho nitro benzene ring substituents is 1. The third-order valence-electron chi connectivity index (χ3n) is 4.16. The molecule has 2 aromatic heterocycles. The number of hydrogen-bond acceptors (Lipinski definition) is 6. The summed E-state index contributed by atoms with van der Waals surface area (Å²) >= 11 is 1.48. The van der Waals surface area contributed by atoms with Gasteiger partial charge < -0.3 is 5.32 Å². The number of nitro groups is 1. The highest BCUT2D eigenvalue weighted by Gasteiger charge is 2.31. The highest BCUT2D eigenvalue weighted by Crippen LogP contribution is 2.37. The lowest BCUT2D eigenvalue weighted by Gasteiger charge is -2.04. The van der Waals surface area contributed by atoms with Gasteiger partial charge in [-0.05, 0) is 30.4 Å². The van der Waals surface area contributed by atoms with Crippen LogP contribution in [0, 0.1) is 10.1 Å². The minimum absolute atomic E-state index is 0.122. The van der Waals surface area contributed by atoms with Gasteiger partial charge in [0.15, 0.2) is 5.82 Å². The first-order chi connectivity index (χ1) is 13.0. The molecule has 0 spiro atoms. The van der Waals surface area contributed by atoms with Crippen LogP contribution in [0.2, 0.25) is 0 Å². The Hall–Kier alpha value is -3.27. The Morgan fingerprint density at radius 1 is 1.33 bits per heavy atom. The molecule has 1 fully saturated rings. The molecule has 138 valence electrons. The highest BCUT2D eigenvalue weighted by atomic mass is 32.1. The molecule has 0 radical (unpaired) electrons. The van der Waals surface area contributed by atoms with Crippen LogP contribution in [0.5, 0.6) is 0 Å². The van der Waals surface area contributed by atoms with Crippen molar-refractivity contribution in [2.24, 2.45) is 0 Å². The lowest BCUT2D eigenvalue weighted by atomic mass is 10.3. The first-order valence-corrected chi connectivity index (χ1v) is 9.18. The molecule has 1 aliphatic carbocycles. The zero-order valence-electron chi connectivity index (χ0n) is 14.1. The minimum atomic E-state index is -0.537. The van der Waals surface area contributed by atoms with Crippen LogP contribution < -0.4 is 11.0 Å². The van der Waals surface area contributed by atoms with Crippen LogP contribution in [0.25, 0.3) is 10.7 Å². The average Bonchev–Trinajstić information content (AvgIpc) is 3.22. The molecule has 0 unspecified atom stereocenters. The molecule has 0 atom stereocenters. The number of carbonyl (C=O) groups excluding carboxylic acids is 1. The first-order valence-electron chi connectivity index (χ1n) is 8.30. The first kappa shape index (κ1) is 17.2. The van der Waals surface area contributed by atoms with E-state index in [0.717, 1.165) is 22.4 Å². The zero-order chi connectivity index (χ0) is 19.0. The molecule has 1 saturated carbocycles. The van der Waals surface area contributed by atoms with Crippen molar-refractivity contribution in [3.63, 3.8) is 0 Å². The second kappa shape index (κ2) is 6.80. The Labute approximate surface area is 157 Å². The predicted octanol–water partition coefficient (Wildman–Crippen LogP) is 2.66. The molecule has 0 saturated heterocycles. The average molecular weight is 385 g/mol. The normalized spacial score (nSPS) is 13.5. The van der Waals surface area contributed by atoms with Crippen molar-refractivity contribution in [3.05, 3.63) is 62.4 Å². The Bertz CT molecular complexity index is 1070. The molecule has 1 N–H and O–H groups in total. The van der Waals surface area contributed by atoms with E-state index in [-0.39, 0.29) is 24.0 Å². The molecule has 9 nitrogen and oxygen atoms in total. The van der Waals surface area contributed by atoms with E-state index in [1.54, 1.807) is 10.6 Å². The number of benzene rings is 1. The summed E-state index contributed by atoms with van der Waals surface area (Å²) < 4.78 is 2.78. The van der Waals surface area contributed by atoms with Gasteiger partial charge in [0.05, 0.1) is 9.80 Å². The van der Waals surface area contributed by atoms with E-state index in [0.29, 0.717) is 11.5 Å². The summed E-state index contributed by atoms with van der Waals surface area (Å²) in [5.41, 5.74) is -0.152. The number of nitro benzene ring substituents is 1. The summed E-state index contributed by atoms with van der Waals surface area (Å²) in [4.78, 5) is 36.2. The van der Waals surface area contributed by atoms with E-state index in [9.17, 15) is 19.7 Å². The van der Waals surface area contributed by atoms with E-state index >= 15 is 0 Å². The second-order valence-electron chi connectivity index (χ2n) is 6.20. The molecule has 10 heteroatoms. The summed E-state index contributed by atoms with van der Waals surface area (Å²) in [7, 11) is 0. The molecule has 1 aliphatic rings. The topological polar surface area (TPSA) is 112 Å². The van der Waals surface area contributed by atoms with Gasteiger partial charge in [0.2, 0.25) is 5.91 Å². The van der Waals surface area contributed by atoms with Gasteiger partial charge in [-0.15, -0.1) is 16.4 Å². The predicted molar refractivity (Wildman–Crippen MR) is 99.8 cm³/mol. The summed E-state index contributed by atoms with van der Waals surface area (Å²) in [5.74, 6) is 0.0939. The van der Waals surface area contributed by atoms with Crippen LogP contribution >= 0.6 is 11.3 Å². The van der Waals surface area contributed by atoms with Gasteiger partial charge in [0.1, 0.15) is 6.54 Å². The van der Waals surface area contributed by atoms with Crippen molar-refractivity contribution in [2.75, 3.05) is 5.32 Å². The van der Waals surface area contributed by atoms with Gasteiger partial charge in [0, 0.05) is 23.9 Å². The number of aromatic nitrogens is 3. The number of rotatable bonds is 6. The van der Waals surface area contributed by atoms with Crippen molar-refractivity contribution >= 4 is 28.6 Å². The minimum Gasteiger partial charge on any atom is -0.324 e. The van der Waals surface area contributed by atoms with Crippen LogP contribution in [-0.4, -0.2) is 25.2 Å². The molecule has 1 amide bonds. The molecule has 3 aromatic rings. The molecule has 4 rings (SSSR count). The molecule has 0 bridgehead atoms. The molecular weight excluding hydrogens is 370 g/mol. The maximum atomic E-state index is 12.7. The lowest BCUT2D eigenvalue weighted by Crippen LogP contribution is -2.30. The van der Waals surface area contributed by atoms with E-state index in [4.69, 9.17) is 0 Å². The number of thiophene rings is 1. The standard InChI is InChI=1S/C17H15N5O4S/c23-15(18-11-3-1-4-13(9-11)22(25)26)10-20-17(24)21(12-6-7-12)16(19-20)14-5-2-8-27-14/h1-5,8-9,12H,6-7,10H2,(H,18,23). The third kappa shape index (κ3) is 3.51. The van der Waals surface area contributed by atoms with Crippen molar-refractivity contribution in [1.29, 1.82) is 0 Å². The van der Waals surface area contributed by atoms with Crippen LogP contribution in [0.1, 0.15) is 18.9 Å². The number of amides is 1. The Morgan fingerprint density at radius 2 is 2.15 bits per heavy atom. The quantitative estimate of drug-likeness (QED) is 0.518. The molecule has 27 heavy (non-hydrogen) atoms. The largest absolute Gasteiger partial charge is 0.346 e. The van der Waals surface area contributed by atoms with Crippen molar-refractivity contribution in [1.82, 2.24) is 14.3 Å². The lowest BCUT2D eigenvalue weighted by molar-refractivity contribution is -0.384. The molecule has 1 aromatic carbocycles. The fourth-order valence-electron chi connectivity index (χ4n) is 2.79. The maximum absolute atomic E-state index is 12.7. The number of nitrogens with zero attached hydrogens (tertiary/aromatic N) is 4. The summed E-state index contributed by atoms with van der Waals surface area (Å²) in [6, 6.07) is 9.53. The fraction of sp³-hybridized carbons (Fsp3) is 0.235. The molecule has 2 heterocycles. The zero-order valence-corrected chi connectivity index (χ0v) is 14.9. The van der Waals surface area contributed by atoms with Crippen molar-refractivity contribution < 1.29 is 9.72 Å². The van der Waals surface area contributed by atoms with Gasteiger partial charge in [0.25, 0.3) is 5.69 Å². The van der Waals surface area contributed by atoms with E-state index < -0.39 is 10.8 Å². The third-order valence-corrected chi connectivity index (χ3v) is 5.02. The number of carbonyl (C=O) groups is 1. The van der Waals surface area contributed by atoms with Crippen molar-refractivity contribution in [3.8, 4) is 10.7 Å². The van der Waals surface area contributed by atoms with Crippen LogP contribution in [0.15, 0.2) is 46.6 Å². The van der Waals surface area contributed by atoms with Crippen LogP contribution in [0.4, 0.5) is 11.4 Å². The van der Waals surface area contributed by atoms with Gasteiger partial charge in [-0.2, -0.15) is 0 Å². The summed E-state index contributed by atoms with van der Waals surface area (Å²) in [6.07, 6.45) is 1.84. The second-order valence-corrected chi connectivity index (χ2v) is 7.15. The number of anilines is 1. The summed E-state index contributed by atoms with van der Waals surface area (Å²) in [5, 5.41) is 19.7. The van der Waals surface area contributed by atoms with E-state index in [1.807, 2.05) is 17.5 Å². The van der Waals surface area contributed by atoms with Crippen LogP contribution in [-0.2, 0) is 11.3 Å². The number of nitrogens with one attached hydrogen (secondary N) is 1. The van der Waals surface area contributed by atoms with Gasteiger partial charge in [-0.1, -0.05) is 12.1 Å². The number of hydrogen-bond donors (Lipinski definition) is 1. The maximum Gasteiger partial charge on any atom is 0.346 e. The van der Waals surface area contributed by atoms with Gasteiger partial charge >= 0.3 is 5.69 Å². The molecular formula is C17H15N5O4S. The summed E-state index contributed by atoms with van der Waals surface area (Å²) in [6.45, 7) is -0.264. The van der Waals surface area contributed by atoms with E-state index in [2.05, 4.69) is 10.4 Å². The highest BCUT2D eigenvalue weighted by molar-refractivity contribution is 7.13. The monoisotopic (exact) mass is 385 g/mol. The van der Waals surface area contributed by atoms with Gasteiger partial charge in [-0.3, -0.25) is 19.5 Å². The smallest absolute Gasteiger partial charge is 0.324 e. The van der Waals surface area contributed by atoms with Crippen molar-refractivity contribution in [2.45, 2.75) is 25.4 Å². The SMILES string of the molecule is O=C(Cn1nc(-c2cccs2)n(C2CC2)c1=O)Nc1cccc([N+](=O)[O-])c1. The van der Waals surface area contributed by atoms with Gasteiger partial charge in [-0.25, -0.2) is 9.48 Å².